The molecular weight excluding hydrogens is 186 g/mol. The van der Waals surface area contributed by atoms with E-state index in [1.807, 2.05) is 20.8 Å². The lowest BCUT2D eigenvalue weighted by molar-refractivity contribution is -0.167. The van der Waals surface area contributed by atoms with Gasteiger partial charge in [0.05, 0.1) is 6.61 Å². The molecule has 0 saturated carbocycles. The lowest BCUT2D eigenvalue weighted by Gasteiger charge is -2.34. The summed E-state index contributed by atoms with van der Waals surface area (Å²) in [5.74, 6) is -0.517. The molecule has 2 saturated heterocycles. The normalized spacial score (nSPS) is 34.9. The fourth-order valence-corrected chi connectivity index (χ4v) is 1.31. The van der Waals surface area contributed by atoms with Crippen LogP contribution in [0.1, 0.15) is 20.8 Å². The highest BCUT2D eigenvalue weighted by atomic mass is 16.8. The van der Waals surface area contributed by atoms with Crippen LogP contribution in [-0.2, 0) is 14.2 Å². The van der Waals surface area contributed by atoms with Crippen molar-refractivity contribution in [2.45, 2.75) is 38.2 Å². The molecule has 5 nitrogen and oxygen atoms in total. The molecule has 0 aliphatic carbocycles. The molecule has 14 heavy (non-hydrogen) atoms. The molecule has 0 unspecified atom stereocenters. The standard InChI is InChI=1S/C9H15NO4/c1-8(2,3)14-7(11)10-6-4-12-9(6)5-13-9/h6H,4-5H2,1-3H3,(H,10,11)/t6-,9+/m0/s1. The van der Waals surface area contributed by atoms with Crippen molar-refractivity contribution in [3.05, 3.63) is 0 Å². The van der Waals surface area contributed by atoms with E-state index >= 15 is 0 Å². The lowest BCUT2D eigenvalue weighted by Crippen LogP contribution is -2.59. The van der Waals surface area contributed by atoms with E-state index in [0.717, 1.165) is 0 Å². The summed E-state index contributed by atoms with van der Waals surface area (Å²) in [5.41, 5.74) is -0.466. The van der Waals surface area contributed by atoms with Gasteiger partial charge in [-0.05, 0) is 20.8 Å². The van der Waals surface area contributed by atoms with E-state index in [1.165, 1.54) is 0 Å². The van der Waals surface area contributed by atoms with Gasteiger partial charge in [0.25, 0.3) is 0 Å². The Bertz CT molecular complexity index is 254. The van der Waals surface area contributed by atoms with Gasteiger partial charge in [0, 0.05) is 0 Å². The zero-order valence-corrected chi connectivity index (χ0v) is 8.62. The van der Waals surface area contributed by atoms with Crippen molar-refractivity contribution in [2.75, 3.05) is 13.2 Å². The van der Waals surface area contributed by atoms with Gasteiger partial charge in [-0.25, -0.2) is 4.79 Å². The number of hydrogen-bond acceptors (Lipinski definition) is 4. The number of hydrogen-bond donors (Lipinski definition) is 1. The number of nitrogens with one attached hydrogen (secondary N) is 1. The van der Waals surface area contributed by atoms with Crippen LogP contribution >= 0.6 is 0 Å². The number of ether oxygens (including phenoxy) is 3. The SMILES string of the molecule is CC(C)(C)OC(=O)N[C@H]1CO[C@@]12CO2. The fraction of sp³-hybridized carbons (Fsp3) is 0.889. The fourth-order valence-electron chi connectivity index (χ4n) is 1.31. The van der Waals surface area contributed by atoms with Crippen LogP contribution < -0.4 is 5.32 Å². The van der Waals surface area contributed by atoms with Gasteiger partial charge < -0.3 is 19.5 Å². The molecule has 0 radical (unpaired) electrons. The van der Waals surface area contributed by atoms with E-state index in [9.17, 15) is 4.79 Å². The summed E-state index contributed by atoms with van der Waals surface area (Å²) in [7, 11) is 0. The number of amides is 1. The zero-order chi connectivity index (χ0) is 10.4. The van der Waals surface area contributed by atoms with Gasteiger partial charge in [-0.2, -0.15) is 0 Å². The summed E-state index contributed by atoms with van der Waals surface area (Å²) in [6.07, 6.45) is -0.416. The van der Waals surface area contributed by atoms with E-state index in [1.54, 1.807) is 0 Å². The Hall–Kier alpha value is -0.810. The van der Waals surface area contributed by atoms with Crippen LogP contribution in [0.5, 0.6) is 0 Å². The van der Waals surface area contributed by atoms with Crippen LogP contribution in [-0.4, -0.2) is 36.7 Å². The largest absolute Gasteiger partial charge is 0.444 e. The van der Waals surface area contributed by atoms with Gasteiger partial charge in [0.2, 0.25) is 5.79 Å². The van der Waals surface area contributed by atoms with E-state index in [0.29, 0.717) is 13.2 Å². The Morgan fingerprint density at radius 3 is 2.50 bits per heavy atom. The maximum atomic E-state index is 11.3. The van der Waals surface area contributed by atoms with Crippen LogP contribution in [0.25, 0.3) is 0 Å². The van der Waals surface area contributed by atoms with Gasteiger partial charge in [0.15, 0.2) is 0 Å². The van der Waals surface area contributed by atoms with Crippen LogP contribution in [0.15, 0.2) is 0 Å². The molecule has 0 aromatic carbocycles. The maximum Gasteiger partial charge on any atom is 0.408 e. The van der Waals surface area contributed by atoms with E-state index < -0.39 is 17.5 Å². The van der Waals surface area contributed by atoms with Crippen molar-refractivity contribution >= 4 is 6.09 Å². The summed E-state index contributed by atoms with van der Waals surface area (Å²) in [6.45, 7) is 6.54. The topological polar surface area (TPSA) is 60.1 Å². The Labute approximate surface area is 82.7 Å². The van der Waals surface area contributed by atoms with Crippen molar-refractivity contribution < 1.29 is 19.0 Å². The molecule has 1 spiro atoms. The quantitative estimate of drug-likeness (QED) is 0.632. The van der Waals surface area contributed by atoms with E-state index in [4.69, 9.17) is 14.2 Å². The van der Waals surface area contributed by atoms with Crippen LogP contribution in [0.4, 0.5) is 4.79 Å². The van der Waals surface area contributed by atoms with Gasteiger partial charge in [0.1, 0.15) is 18.2 Å². The smallest absolute Gasteiger partial charge is 0.408 e. The predicted octanol–water partition coefficient (Wildman–Crippen LogP) is 0.636. The average molecular weight is 201 g/mol. The van der Waals surface area contributed by atoms with E-state index in [2.05, 4.69) is 5.32 Å². The third kappa shape index (κ3) is 1.83. The number of carbonyl (C=O) groups excluding carboxylic acids is 1. The summed E-state index contributed by atoms with van der Waals surface area (Å²) in [6, 6.07) is -0.0580. The molecule has 0 aromatic heterocycles. The molecule has 2 heterocycles. The van der Waals surface area contributed by atoms with Crippen LogP contribution in [0.3, 0.4) is 0 Å². The molecule has 2 aliphatic heterocycles. The molecule has 2 fully saturated rings. The summed E-state index contributed by atoms with van der Waals surface area (Å²) in [4.78, 5) is 11.3. The van der Waals surface area contributed by atoms with Gasteiger partial charge in [-0.1, -0.05) is 0 Å². The van der Waals surface area contributed by atoms with E-state index in [-0.39, 0.29) is 6.04 Å². The summed E-state index contributed by atoms with van der Waals surface area (Å²) in [5, 5.41) is 2.71. The van der Waals surface area contributed by atoms with Crippen LogP contribution in [0, 0.1) is 0 Å². The third-order valence-corrected chi connectivity index (χ3v) is 2.15. The second-order valence-corrected chi connectivity index (χ2v) is 4.61. The number of alkyl carbamates (subject to hydrolysis) is 1. The molecule has 2 atom stereocenters. The Morgan fingerprint density at radius 1 is 1.50 bits per heavy atom. The van der Waals surface area contributed by atoms with Crippen molar-refractivity contribution in [2.24, 2.45) is 0 Å². The summed E-state index contributed by atoms with van der Waals surface area (Å²) >= 11 is 0. The highest BCUT2D eigenvalue weighted by Gasteiger charge is 2.61. The van der Waals surface area contributed by atoms with Crippen molar-refractivity contribution in [3.8, 4) is 0 Å². The van der Waals surface area contributed by atoms with Gasteiger partial charge >= 0.3 is 6.09 Å². The molecule has 1 amide bonds. The molecule has 1 N–H and O–H groups in total. The molecular formula is C9H15NO4. The first-order valence-electron chi connectivity index (χ1n) is 4.69. The summed E-state index contributed by atoms with van der Waals surface area (Å²) < 4.78 is 15.4. The minimum Gasteiger partial charge on any atom is -0.444 e. The minimum absolute atomic E-state index is 0.0580. The third-order valence-electron chi connectivity index (χ3n) is 2.15. The first-order chi connectivity index (χ1) is 6.41. The van der Waals surface area contributed by atoms with Crippen molar-refractivity contribution in [1.82, 2.24) is 5.32 Å². The molecule has 2 aliphatic rings. The second kappa shape index (κ2) is 2.84. The first-order valence-corrected chi connectivity index (χ1v) is 4.69. The highest BCUT2D eigenvalue weighted by molar-refractivity contribution is 5.68. The van der Waals surface area contributed by atoms with Crippen molar-refractivity contribution in [3.63, 3.8) is 0 Å². The average Bonchev–Trinajstić information content (AvgIpc) is 2.75. The monoisotopic (exact) mass is 201 g/mol. The number of carbonyl (C=O) groups is 1. The van der Waals surface area contributed by atoms with Crippen LogP contribution in [0.2, 0.25) is 0 Å². The number of epoxide rings is 1. The molecule has 5 heteroatoms. The lowest BCUT2D eigenvalue weighted by atomic mass is 10.1. The van der Waals surface area contributed by atoms with Crippen molar-refractivity contribution in [1.29, 1.82) is 0 Å². The predicted molar refractivity (Wildman–Crippen MR) is 47.8 cm³/mol. The maximum absolute atomic E-state index is 11.3. The molecule has 0 aromatic rings. The molecule has 80 valence electrons. The number of rotatable bonds is 1. The van der Waals surface area contributed by atoms with Gasteiger partial charge in [-0.15, -0.1) is 0 Å². The Morgan fingerprint density at radius 2 is 2.14 bits per heavy atom. The Balaban J connectivity index is 1.78. The highest BCUT2D eigenvalue weighted by Crippen LogP contribution is 2.40. The molecule has 0 bridgehead atoms. The Kier molecular flexibility index (Phi) is 1.97. The first kappa shape index (κ1) is 9.73. The second-order valence-electron chi connectivity index (χ2n) is 4.61. The van der Waals surface area contributed by atoms with Gasteiger partial charge in [-0.3, -0.25) is 0 Å². The minimum atomic E-state index is -0.517. The molecule has 2 rings (SSSR count). The zero-order valence-electron chi connectivity index (χ0n) is 8.62.